The number of aromatic carboxylic acids is 2. The molecule has 0 spiro atoms. The van der Waals surface area contributed by atoms with Crippen molar-refractivity contribution in [1.29, 1.82) is 0 Å². The Balaban J connectivity index is 3.48. The van der Waals surface area contributed by atoms with Gasteiger partial charge in [-0.3, -0.25) is 0 Å². The maximum absolute atomic E-state index is 10.8. The molecular weight excluding hydrogens is 196 g/mol. The Labute approximate surface area is 87.2 Å². The zero-order valence-electron chi connectivity index (χ0n) is 8.44. The minimum Gasteiger partial charge on any atom is -0.545 e. The second kappa shape index (κ2) is 4.13. The van der Waals surface area contributed by atoms with Crippen LogP contribution in [0.15, 0.2) is 18.2 Å². The smallest absolute Gasteiger partial charge is 0.0724 e. The van der Waals surface area contributed by atoms with E-state index in [0.717, 1.165) is 0 Å². The molecule has 0 saturated heterocycles. The van der Waals surface area contributed by atoms with Crippen molar-refractivity contribution in [2.75, 3.05) is 0 Å². The van der Waals surface area contributed by atoms with Crippen molar-refractivity contribution in [3.05, 3.63) is 34.9 Å². The van der Waals surface area contributed by atoms with E-state index in [9.17, 15) is 19.8 Å². The third-order valence-electron chi connectivity index (χ3n) is 2.14. The van der Waals surface area contributed by atoms with Crippen LogP contribution in [0.3, 0.4) is 0 Å². The second-order valence-corrected chi connectivity index (χ2v) is 3.50. The first-order valence-electron chi connectivity index (χ1n) is 4.50. The van der Waals surface area contributed by atoms with Crippen LogP contribution in [0, 0.1) is 0 Å². The van der Waals surface area contributed by atoms with Crippen LogP contribution in [-0.4, -0.2) is 11.9 Å². The Morgan fingerprint density at radius 3 is 2.13 bits per heavy atom. The van der Waals surface area contributed by atoms with Gasteiger partial charge in [0.2, 0.25) is 0 Å². The number of hydrogen-bond donors (Lipinski definition) is 0. The van der Waals surface area contributed by atoms with Crippen LogP contribution in [0.5, 0.6) is 0 Å². The molecule has 0 heterocycles. The number of carbonyl (C=O) groups is 2. The molecule has 0 amide bonds. The molecule has 4 nitrogen and oxygen atoms in total. The van der Waals surface area contributed by atoms with Crippen molar-refractivity contribution >= 4 is 11.9 Å². The van der Waals surface area contributed by atoms with E-state index in [0.29, 0.717) is 5.56 Å². The standard InChI is InChI=1S/C11H12O4/c1-6(2)7-4-3-5-8(10(12)13)9(7)11(14)15/h3-6H,1-2H3,(H,12,13)(H,14,15)/p-2. The monoisotopic (exact) mass is 206 g/mol. The lowest BCUT2D eigenvalue weighted by molar-refractivity contribution is -0.259. The van der Waals surface area contributed by atoms with Crippen molar-refractivity contribution in [1.82, 2.24) is 0 Å². The average molecular weight is 206 g/mol. The number of rotatable bonds is 3. The van der Waals surface area contributed by atoms with E-state index >= 15 is 0 Å². The first kappa shape index (κ1) is 11.2. The molecule has 0 aliphatic heterocycles. The summed E-state index contributed by atoms with van der Waals surface area (Å²) in [5.41, 5.74) is -0.176. The SMILES string of the molecule is CC(C)c1cccc(C(=O)[O-])c1C(=O)[O-]. The molecule has 1 aromatic rings. The number of carboxylic acid groups (broad SMARTS) is 2. The van der Waals surface area contributed by atoms with Gasteiger partial charge in [0.15, 0.2) is 0 Å². The van der Waals surface area contributed by atoms with Crippen molar-refractivity contribution in [2.45, 2.75) is 19.8 Å². The first-order valence-corrected chi connectivity index (χ1v) is 4.50. The minimum atomic E-state index is -1.50. The zero-order valence-corrected chi connectivity index (χ0v) is 8.44. The van der Waals surface area contributed by atoms with Gasteiger partial charge >= 0.3 is 0 Å². The van der Waals surface area contributed by atoms with Gasteiger partial charge in [-0.1, -0.05) is 32.0 Å². The van der Waals surface area contributed by atoms with Crippen LogP contribution in [0.2, 0.25) is 0 Å². The van der Waals surface area contributed by atoms with Crippen molar-refractivity contribution < 1.29 is 19.8 Å². The summed E-state index contributed by atoms with van der Waals surface area (Å²) in [7, 11) is 0. The highest BCUT2D eigenvalue weighted by atomic mass is 16.4. The largest absolute Gasteiger partial charge is 0.545 e. The molecule has 1 aromatic carbocycles. The van der Waals surface area contributed by atoms with Crippen molar-refractivity contribution in [3.63, 3.8) is 0 Å². The summed E-state index contributed by atoms with van der Waals surface area (Å²) in [5, 5.41) is 21.5. The van der Waals surface area contributed by atoms with Crippen LogP contribution in [0.4, 0.5) is 0 Å². The Kier molecular flexibility index (Phi) is 3.09. The molecule has 0 aliphatic rings. The van der Waals surface area contributed by atoms with Crippen LogP contribution in [0.1, 0.15) is 46.0 Å². The van der Waals surface area contributed by atoms with E-state index < -0.39 is 11.9 Å². The molecular formula is C11H10O4-2. The summed E-state index contributed by atoms with van der Waals surface area (Å²) in [5.74, 6) is -3.08. The van der Waals surface area contributed by atoms with E-state index in [2.05, 4.69) is 0 Å². The van der Waals surface area contributed by atoms with Crippen LogP contribution >= 0.6 is 0 Å². The van der Waals surface area contributed by atoms with Gasteiger partial charge in [0, 0.05) is 11.1 Å². The summed E-state index contributed by atoms with van der Waals surface area (Å²) in [4.78, 5) is 21.5. The molecule has 1 rings (SSSR count). The Bertz CT molecular complexity index is 407. The maximum Gasteiger partial charge on any atom is 0.0724 e. The predicted octanol–water partition coefficient (Wildman–Crippen LogP) is -0.463. The molecule has 4 heteroatoms. The highest BCUT2D eigenvalue weighted by Gasteiger charge is 2.12. The second-order valence-electron chi connectivity index (χ2n) is 3.50. The third-order valence-corrected chi connectivity index (χ3v) is 2.14. The van der Waals surface area contributed by atoms with Crippen LogP contribution < -0.4 is 10.2 Å². The molecule has 0 fully saturated rings. The highest BCUT2D eigenvalue weighted by Crippen LogP contribution is 2.21. The van der Waals surface area contributed by atoms with Gasteiger partial charge in [0.05, 0.1) is 11.9 Å². The molecule has 0 saturated carbocycles. The fraction of sp³-hybridized carbons (Fsp3) is 0.273. The lowest BCUT2D eigenvalue weighted by Gasteiger charge is -2.18. The molecule has 0 bridgehead atoms. The van der Waals surface area contributed by atoms with E-state index in [1.54, 1.807) is 19.9 Å². The number of carboxylic acids is 2. The average Bonchev–Trinajstić information content (AvgIpc) is 2.16. The summed E-state index contributed by atoms with van der Waals surface area (Å²) in [6.07, 6.45) is 0. The fourth-order valence-corrected chi connectivity index (χ4v) is 1.45. The van der Waals surface area contributed by atoms with Crippen molar-refractivity contribution in [3.8, 4) is 0 Å². The van der Waals surface area contributed by atoms with E-state index in [4.69, 9.17) is 0 Å². The quantitative estimate of drug-likeness (QED) is 0.670. The first-order chi connectivity index (χ1) is 6.95. The topological polar surface area (TPSA) is 80.3 Å². The molecule has 0 N–H and O–H groups in total. The van der Waals surface area contributed by atoms with E-state index in [-0.39, 0.29) is 17.0 Å². The van der Waals surface area contributed by atoms with E-state index in [1.807, 2.05) is 0 Å². The number of benzene rings is 1. The van der Waals surface area contributed by atoms with Gasteiger partial charge in [-0.25, -0.2) is 0 Å². The predicted molar refractivity (Wildman–Crippen MR) is 49.2 cm³/mol. The molecule has 0 atom stereocenters. The molecule has 15 heavy (non-hydrogen) atoms. The van der Waals surface area contributed by atoms with Crippen LogP contribution in [-0.2, 0) is 0 Å². The Morgan fingerprint density at radius 1 is 1.13 bits per heavy atom. The minimum absolute atomic E-state index is 0.0859. The summed E-state index contributed by atoms with van der Waals surface area (Å²) >= 11 is 0. The number of carbonyl (C=O) groups excluding carboxylic acids is 2. The third kappa shape index (κ3) is 2.15. The zero-order chi connectivity index (χ0) is 11.6. The lowest BCUT2D eigenvalue weighted by Crippen LogP contribution is -2.31. The van der Waals surface area contributed by atoms with Crippen LogP contribution in [0.25, 0.3) is 0 Å². The molecule has 0 radical (unpaired) electrons. The van der Waals surface area contributed by atoms with Crippen molar-refractivity contribution in [2.24, 2.45) is 0 Å². The Morgan fingerprint density at radius 2 is 1.73 bits per heavy atom. The van der Waals surface area contributed by atoms with Gasteiger partial charge < -0.3 is 19.8 Å². The molecule has 0 aromatic heterocycles. The fourth-order valence-electron chi connectivity index (χ4n) is 1.45. The number of hydrogen-bond acceptors (Lipinski definition) is 4. The van der Waals surface area contributed by atoms with Gasteiger partial charge in [-0.05, 0) is 11.5 Å². The molecule has 80 valence electrons. The Hall–Kier alpha value is -1.84. The maximum atomic E-state index is 10.8. The van der Waals surface area contributed by atoms with E-state index in [1.165, 1.54) is 12.1 Å². The summed E-state index contributed by atoms with van der Waals surface area (Å²) in [6, 6.07) is 4.27. The van der Waals surface area contributed by atoms with Gasteiger partial charge in [-0.2, -0.15) is 0 Å². The molecule has 0 unspecified atom stereocenters. The summed E-state index contributed by atoms with van der Waals surface area (Å²) < 4.78 is 0. The lowest BCUT2D eigenvalue weighted by atomic mass is 9.93. The normalized spacial score (nSPS) is 10.3. The summed E-state index contributed by atoms with van der Waals surface area (Å²) in [6.45, 7) is 3.56. The van der Waals surface area contributed by atoms with Gasteiger partial charge in [0.25, 0.3) is 0 Å². The molecule has 0 aliphatic carbocycles. The van der Waals surface area contributed by atoms with Gasteiger partial charge in [-0.15, -0.1) is 0 Å². The van der Waals surface area contributed by atoms with Gasteiger partial charge in [0.1, 0.15) is 0 Å². The highest BCUT2D eigenvalue weighted by molar-refractivity contribution is 6.01.